The number of Topliss-reactive ketones (excluding diaryl/α,β-unsaturated/α-hetero) is 1. The van der Waals surface area contributed by atoms with Gasteiger partial charge >= 0.3 is 0 Å². The fourth-order valence-electron chi connectivity index (χ4n) is 3.11. The van der Waals surface area contributed by atoms with Crippen LogP contribution in [0.15, 0.2) is 42.5 Å². The maximum Gasteiger partial charge on any atom is 0.170 e. The molecule has 3 nitrogen and oxygen atoms in total. The molecule has 0 heterocycles. The number of alkyl halides is 1. The van der Waals surface area contributed by atoms with Gasteiger partial charge in [-0.2, -0.15) is 0 Å². The molecule has 140 valence electrons. The predicted molar refractivity (Wildman–Crippen MR) is 110 cm³/mol. The van der Waals surface area contributed by atoms with E-state index in [1.165, 1.54) is 6.42 Å². The summed E-state index contributed by atoms with van der Waals surface area (Å²) in [6, 6.07) is 13.6. The van der Waals surface area contributed by atoms with Crippen LogP contribution in [0, 0.1) is 0 Å². The topological polar surface area (TPSA) is 35.5 Å². The van der Waals surface area contributed by atoms with Gasteiger partial charge in [0.25, 0.3) is 0 Å². The number of hydrogen-bond acceptors (Lipinski definition) is 3. The Kier molecular flexibility index (Phi) is 8.17. The first-order chi connectivity index (χ1) is 12.6. The molecule has 0 N–H and O–H groups in total. The summed E-state index contributed by atoms with van der Waals surface area (Å²) in [4.78, 5) is 12.9. The normalized spacial score (nSPS) is 16.0. The summed E-state index contributed by atoms with van der Waals surface area (Å²) in [6.45, 7) is 2.13. The zero-order chi connectivity index (χ0) is 18.9. The Hall–Kier alpha value is -1.81. The molecule has 0 fully saturated rings. The molecule has 0 aromatic heterocycles. The lowest BCUT2D eigenvalue weighted by molar-refractivity contribution is 0.0957. The lowest BCUT2D eigenvalue weighted by atomic mass is 9.88. The first-order valence-corrected chi connectivity index (χ1v) is 10.2. The molecule has 0 radical (unpaired) electrons. The second kappa shape index (κ2) is 10.4. The van der Waals surface area contributed by atoms with Gasteiger partial charge in [-0.3, -0.25) is 4.79 Å². The summed E-state index contributed by atoms with van der Waals surface area (Å²) in [5.41, 5.74) is 2.99. The number of rotatable bonds is 4. The van der Waals surface area contributed by atoms with E-state index < -0.39 is 0 Å². The van der Waals surface area contributed by atoms with Crippen LogP contribution in [0.25, 0.3) is 0 Å². The minimum Gasteiger partial charge on any atom is -0.497 e. The molecule has 3 rings (SSSR count). The van der Waals surface area contributed by atoms with Gasteiger partial charge in [0.15, 0.2) is 5.78 Å². The number of aryl methyl sites for hydroxylation is 1. The van der Waals surface area contributed by atoms with Crippen molar-refractivity contribution in [2.24, 2.45) is 0 Å². The lowest BCUT2D eigenvalue weighted by Gasteiger charge is -2.15. The molecular formula is C22H27BrO3. The molecule has 2 aromatic rings. The van der Waals surface area contributed by atoms with Crippen LogP contribution in [0.1, 0.15) is 53.6 Å². The van der Waals surface area contributed by atoms with E-state index in [9.17, 15) is 4.79 Å². The summed E-state index contributed by atoms with van der Waals surface area (Å²) < 4.78 is 10.5. The summed E-state index contributed by atoms with van der Waals surface area (Å²) in [5, 5.41) is 1.13. The highest BCUT2D eigenvalue weighted by atomic mass is 79.9. The first kappa shape index (κ1) is 20.5. The van der Waals surface area contributed by atoms with Gasteiger partial charge < -0.3 is 9.47 Å². The highest BCUT2D eigenvalue weighted by Gasteiger charge is 2.27. The monoisotopic (exact) mass is 418 g/mol. The summed E-state index contributed by atoms with van der Waals surface area (Å²) in [7, 11) is 3.30. The van der Waals surface area contributed by atoms with E-state index in [2.05, 4.69) is 22.9 Å². The van der Waals surface area contributed by atoms with E-state index in [-0.39, 0.29) is 11.7 Å². The Morgan fingerprint density at radius 2 is 1.65 bits per heavy atom. The Morgan fingerprint density at radius 3 is 2.23 bits per heavy atom. The third-order valence-electron chi connectivity index (χ3n) is 4.54. The molecule has 1 aliphatic carbocycles. The number of hydrogen-bond donors (Lipinski definition) is 0. The zero-order valence-electron chi connectivity index (χ0n) is 15.8. The Labute approximate surface area is 164 Å². The number of benzene rings is 2. The SMILES string of the molecule is CCCBr.COc1ccc(C2CCCc3cc(OC)ccc3C2=O)cc1. The maximum atomic E-state index is 12.9. The molecule has 0 spiro atoms. The van der Waals surface area contributed by atoms with Gasteiger partial charge in [0.1, 0.15) is 11.5 Å². The fourth-order valence-corrected chi connectivity index (χ4v) is 3.11. The molecule has 0 bridgehead atoms. The van der Waals surface area contributed by atoms with Crippen molar-refractivity contribution in [3.63, 3.8) is 0 Å². The molecule has 1 unspecified atom stereocenters. The lowest BCUT2D eigenvalue weighted by Crippen LogP contribution is -2.12. The molecule has 2 aromatic carbocycles. The third-order valence-corrected chi connectivity index (χ3v) is 5.33. The van der Waals surface area contributed by atoms with Crippen molar-refractivity contribution in [2.45, 2.75) is 38.5 Å². The van der Waals surface area contributed by atoms with E-state index in [1.54, 1.807) is 14.2 Å². The van der Waals surface area contributed by atoms with Gasteiger partial charge in [-0.05, 0) is 67.1 Å². The predicted octanol–water partition coefficient (Wildman–Crippen LogP) is 5.80. The molecule has 0 saturated carbocycles. The van der Waals surface area contributed by atoms with E-state index >= 15 is 0 Å². The molecule has 0 saturated heterocycles. The van der Waals surface area contributed by atoms with Crippen LogP contribution in [0.4, 0.5) is 0 Å². The quantitative estimate of drug-likeness (QED) is 0.464. The van der Waals surface area contributed by atoms with E-state index in [0.717, 1.165) is 52.8 Å². The Bertz CT molecular complexity index is 708. The van der Waals surface area contributed by atoms with Gasteiger partial charge in [0, 0.05) is 16.8 Å². The van der Waals surface area contributed by atoms with Gasteiger partial charge in [-0.1, -0.05) is 35.0 Å². The van der Waals surface area contributed by atoms with Crippen LogP contribution in [-0.4, -0.2) is 25.3 Å². The largest absolute Gasteiger partial charge is 0.497 e. The van der Waals surface area contributed by atoms with Crippen molar-refractivity contribution in [2.75, 3.05) is 19.5 Å². The number of carbonyl (C=O) groups is 1. The van der Waals surface area contributed by atoms with Crippen LogP contribution in [0.2, 0.25) is 0 Å². The van der Waals surface area contributed by atoms with Crippen LogP contribution < -0.4 is 9.47 Å². The number of halogens is 1. The van der Waals surface area contributed by atoms with Crippen LogP contribution in [0.5, 0.6) is 11.5 Å². The van der Waals surface area contributed by atoms with Gasteiger partial charge in [0.2, 0.25) is 0 Å². The minimum absolute atomic E-state index is 0.0689. The van der Waals surface area contributed by atoms with Crippen LogP contribution >= 0.6 is 15.9 Å². The first-order valence-electron chi connectivity index (χ1n) is 9.05. The Morgan fingerprint density at radius 1 is 1.04 bits per heavy atom. The third kappa shape index (κ3) is 5.10. The molecule has 26 heavy (non-hydrogen) atoms. The fraction of sp³-hybridized carbons (Fsp3) is 0.409. The number of fused-ring (bicyclic) bond motifs is 1. The molecule has 1 atom stereocenters. The summed E-state index contributed by atoms with van der Waals surface area (Å²) in [5.74, 6) is 1.77. The van der Waals surface area contributed by atoms with Gasteiger partial charge in [0.05, 0.1) is 14.2 Å². The summed E-state index contributed by atoms with van der Waals surface area (Å²) >= 11 is 3.25. The van der Waals surface area contributed by atoms with Crippen molar-refractivity contribution in [3.05, 3.63) is 59.2 Å². The van der Waals surface area contributed by atoms with Gasteiger partial charge in [-0.15, -0.1) is 0 Å². The molecule has 4 heteroatoms. The molecular weight excluding hydrogens is 392 g/mol. The Balaban J connectivity index is 0.000000552. The standard InChI is InChI=1S/C19H20O3.C3H7Br/c1-21-15-8-6-13(7-9-15)17-5-3-4-14-12-16(22-2)10-11-18(14)19(17)20;1-2-3-4/h6-12,17H,3-5H2,1-2H3;2-3H2,1H3. The van der Waals surface area contributed by atoms with Crippen molar-refractivity contribution in [1.29, 1.82) is 0 Å². The van der Waals surface area contributed by atoms with Crippen molar-refractivity contribution < 1.29 is 14.3 Å². The van der Waals surface area contributed by atoms with E-state index in [4.69, 9.17) is 9.47 Å². The second-order valence-electron chi connectivity index (χ2n) is 6.29. The molecule has 0 amide bonds. The second-order valence-corrected chi connectivity index (χ2v) is 7.09. The number of methoxy groups -OCH3 is 2. The maximum absolute atomic E-state index is 12.9. The minimum atomic E-state index is -0.0689. The summed E-state index contributed by atoms with van der Waals surface area (Å²) in [6.07, 6.45) is 4.04. The van der Waals surface area contributed by atoms with E-state index in [1.807, 2.05) is 42.5 Å². The van der Waals surface area contributed by atoms with Crippen LogP contribution in [0.3, 0.4) is 0 Å². The van der Waals surface area contributed by atoms with E-state index in [0.29, 0.717) is 0 Å². The molecule has 1 aliphatic rings. The molecule has 0 aliphatic heterocycles. The average molecular weight is 419 g/mol. The van der Waals surface area contributed by atoms with Crippen LogP contribution in [-0.2, 0) is 6.42 Å². The van der Waals surface area contributed by atoms with Gasteiger partial charge in [-0.25, -0.2) is 0 Å². The number of ether oxygens (including phenoxy) is 2. The smallest absolute Gasteiger partial charge is 0.170 e. The highest BCUT2D eigenvalue weighted by molar-refractivity contribution is 9.09. The van der Waals surface area contributed by atoms with Crippen molar-refractivity contribution in [3.8, 4) is 11.5 Å². The zero-order valence-corrected chi connectivity index (χ0v) is 17.3. The van der Waals surface area contributed by atoms with Crippen molar-refractivity contribution >= 4 is 21.7 Å². The van der Waals surface area contributed by atoms with Crippen molar-refractivity contribution in [1.82, 2.24) is 0 Å². The average Bonchev–Trinajstić information content (AvgIpc) is 2.86. The highest BCUT2D eigenvalue weighted by Crippen LogP contribution is 2.33. The number of ketones is 1. The number of carbonyl (C=O) groups excluding carboxylic acids is 1.